The monoisotopic (exact) mass is 462 g/mol. The lowest BCUT2D eigenvalue weighted by atomic mass is 9.96. The normalized spacial score (nSPS) is 17.8. The molecule has 0 saturated carbocycles. The van der Waals surface area contributed by atoms with Gasteiger partial charge in [-0.15, -0.1) is 0 Å². The van der Waals surface area contributed by atoms with Crippen LogP contribution in [0.15, 0.2) is 54.7 Å². The largest absolute Gasteiger partial charge is 0.469 e. The van der Waals surface area contributed by atoms with Gasteiger partial charge in [-0.05, 0) is 75.3 Å². The first-order valence-corrected chi connectivity index (χ1v) is 11.6. The van der Waals surface area contributed by atoms with Gasteiger partial charge in [0.25, 0.3) is 0 Å². The number of hydrogen-bond donors (Lipinski definition) is 1. The molecule has 2 aromatic heterocycles. The molecule has 0 bridgehead atoms. The second-order valence-electron chi connectivity index (χ2n) is 8.50. The molecule has 6 nitrogen and oxygen atoms in total. The summed E-state index contributed by atoms with van der Waals surface area (Å²) in [5, 5.41) is 4.17. The molecule has 4 rings (SSSR count). The SMILES string of the molecule is COC(=O)CCCN1C(=S)N[C@@H](c2ccccn2)[C@@H]1c1cc(C)n(-c2ccc(C)cc2)c1C. The first-order valence-electron chi connectivity index (χ1n) is 11.2. The fourth-order valence-corrected chi connectivity index (χ4v) is 4.99. The van der Waals surface area contributed by atoms with Crippen LogP contribution in [0, 0.1) is 20.8 Å². The van der Waals surface area contributed by atoms with E-state index in [1.54, 1.807) is 0 Å². The number of pyridine rings is 1. The van der Waals surface area contributed by atoms with Crippen LogP contribution in [0.5, 0.6) is 0 Å². The molecule has 172 valence electrons. The highest BCUT2D eigenvalue weighted by atomic mass is 32.1. The zero-order valence-electron chi connectivity index (χ0n) is 19.5. The van der Waals surface area contributed by atoms with Crippen LogP contribution >= 0.6 is 12.2 Å². The standard InChI is InChI=1S/C26H30N4O2S/c1-17-10-12-20(13-11-17)30-18(2)16-21(19(30)3)25-24(22-8-5-6-14-27-22)28-26(33)29(25)15-7-9-23(31)32-4/h5-6,8,10-14,16,24-25H,7,9,15H2,1-4H3,(H,28,33)/t24-,25-/m0/s1. The second-order valence-corrected chi connectivity index (χ2v) is 8.88. The van der Waals surface area contributed by atoms with Gasteiger partial charge in [-0.3, -0.25) is 9.78 Å². The smallest absolute Gasteiger partial charge is 0.305 e. The van der Waals surface area contributed by atoms with Gasteiger partial charge in [0.1, 0.15) is 0 Å². The molecule has 0 aliphatic carbocycles. The summed E-state index contributed by atoms with van der Waals surface area (Å²) in [6.45, 7) is 7.04. The third-order valence-corrected chi connectivity index (χ3v) is 6.64. The minimum atomic E-state index is -0.205. The number of esters is 1. The maximum absolute atomic E-state index is 11.7. The lowest BCUT2D eigenvalue weighted by Crippen LogP contribution is -2.31. The number of aryl methyl sites for hydroxylation is 2. The molecule has 1 aliphatic heterocycles. The van der Waals surface area contributed by atoms with Crippen molar-refractivity contribution < 1.29 is 9.53 Å². The first-order chi connectivity index (χ1) is 15.9. The van der Waals surface area contributed by atoms with Gasteiger partial charge in [0.05, 0.1) is 24.9 Å². The Bertz CT molecular complexity index is 1140. The average molecular weight is 463 g/mol. The van der Waals surface area contributed by atoms with Gasteiger partial charge in [0, 0.05) is 36.2 Å². The number of nitrogens with one attached hydrogen (secondary N) is 1. The van der Waals surface area contributed by atoms with Crippen molar-refractivity contribution in [1.29, 1.82) is 0 Å². The van der Waals surface area contributed by atoms with Crippen molar-refractivity contribution in [2.75, 3.05) is 13.7 Å². The van der Waals surface area contributed by atoms with E-state index in [0.717, 1.165) is 11.4 Å². The van der Waals surface area contributed by atoms with Crippen LogP contribution in [-0.2, 0) is 9.53 Å². The van der Waals surface area contributed by atoms with E-state index in [0.29, 0.717) is 24.5 Å². The van der Waals surface area contributed by atoms with Crippen LogP contribution < -0.4 is 5.32 Å². The van der Waals surface area contributed by atoms with Crippen LogP contribution in [0.2, 0.25) is 0 Å². The van der Waals surface area contributed by atoms with Gasteiger partial charge in [0.15, 0.2) is 5.11 Å². The van der Waals surface area contributed by atoms with E-state index in [-0.39, 0.29) is 18.1 Å². The van der Waals surface area contributed by atoms with Crippen molar-refractivity contribution in [3.63, 3.8) is 0 Å². The van der Waals surface area contributed by atoms with E-state index in [2.05, 4.69) is 70.9 Å². The third-order valence-electron chi connectivity index (χ3n) is 6.29. The molecule has 1 aromatic carbocycles. The Labute approximate surface area is 200 Å². The summed E-state index contributed by atoms with van der Waals surface area (Å²) in [6.07, 6.45) is 2.84. The summed E-state index contributed by atoms with van der Waals surface area (Å²) < 4.78 is 7.11. The highest BCUT2D eigenvalue weighted by Crippen LogP contribution is 2.41. The number of methoxy groups -OCH3 is 1. The lowest BCUT2D eigenvalue weighted by Gasteiger charge is -2.28. The maximum atomic E-state index is 11.7. The molecule has 0 spiro atoms. The van der Waals surface area contributed by atoms with Gasteiger partial charge in [-0.2, -0.15) is 0 Å². The summed E-state index contributed by atoms with van der Waals surface area (Å²) in [5.41, 5.74) is 6.86. The van der Waals surface area contributed by atoms with Crippen molar-refractivity contribution in [2.45, 2.75) is 45.7 Å². The predicted octanol–water partition coefficient (Wildman–Crippen LogP) is 4.72. The van der Waals surface area contributed by atoms with E-state index < -0.39 is 0 Å². The zero-order valence-corrected chi connectivity index (χ0v) is 20.4. The number of carbonyl (C=O) groups excluding carboxylic acids is 1. The molecule has 33 heavy (non-hydrogen) atoms. The van der Waals surface area contributed by atoms with Gasteiger partial charge < -0.3 is 19.5 Å². The third kappa shape index (κ3) is 4.64. The van der Waals surface area contributed by atoms with Crippen molar-refractivity contribution in [2.24, 2.45) is 0 Å². The molecule has 1 saturated heterocycles. The lowest BCUT2D eigenvalue weighted by molar-refractivity contribution is -0.140. The highest BCUT2D eigenvalue weighted by Gasteiger charge is 2.41. The summed E-state index contributed by atoms with van der Waals surface area (Å²) in [6, 6.07) is 16.7. The molecule has 7 heteroatoms. The summed E-state index contributed by atoms with van der Waals surface area (Å²) in [5.74, 6) is -0.205. The Morgan fingerprint density at radius 2 is 1.91 bits per heavy atom. The molecule has 3 heterocycles. The van der Waals surface area contributed by atoms with Crippen molar-refractivity contribution in [3.05, 3.63) is 82.9 Å². The van der Waals surface area contributed by atoms with Crippen molar-refractivity contribution in [1.82, 2.24) is 19.8 Å². The van der Waals surface area contributed by atoms with E-state index in [1.807, 2.05) is 24.4 Å². The van der Waals surface area contributed by atoms with Crippen LogP contribution in [0.3, 0.4) is 0 Å². The number of benzene rings is 1. The Morgan fingerprint density at radius 3 is 2.58 bits per heavy atom. The summed E-state index contributed by atoms with van der Waals surface area (Å²) in [4.78, 5) is 18.5. The second kappa shape index (κ2) is 9.75. The number of thiocarbonyl (C=S) groups is 1. The van der Waals surface area contributed by atoms with E-state index in [4.69, 9.17) is 17.0 Å². The molecule has 3 aromatic rings. The fourth-order valence-electron chi connectivity index (χ4n) is 4.66. The van der Waals surface area contributed by atoms with Gasteiger partial charge in [-0.25, -0.2) is 0 Å². The number of hydrogen-bond acceptors (Lipinski definition) is 4. The summed E-state index contributed by atoms with van der Waals surface area (Å²) in [7, 11) is 1.42. The Morgan fingerprint density at radius 1 is 1.15 bits per heavy atom. The topological polar surface area (TPSA) is 59.4 Å². The van der Waals surface area contributed by atoms with E-state index in [9.17, 15) is 4.79 Å². The number of aromatic nitrogens is 2. The Kier molecular flexibility index (Phi) is 6.79. The average Bonchev–Trinajstić information content (AvgIpc) is 3.30. The van der Waals surface area contributed by atoms with Crippen LogP contribution in [0.4, 0.5) is 0 Å². The Balaban J connectivity index is 1.74. The number of nitrogens with zero attached hydrogens (tertiary/aromatic N) is 3. The van der Waals surface area contributed by atoms with Crippen molar-refractivity contribution >= 4 is 23.3 Å². The minimum Gasteiger partial charge on any atom is -0.469 e. The van der Waals surface area contributed by atoms with Gasteiger partial charge >= 0.3 is 5.97 Å². The Hall–Kier alpha value is -3.19. The van der Waals surface area contributed by atoms with Crippen LogP contribution in [0.1, 0.15) is 53.1 Å². The molecule has 0 amide bonds. The minimum absolute atomic E-state index is 0.0320. The number of carbonyl (C=O) groups is 1. The van der Waals surface area contributed by atoms with E-state index >= 15 is 0 Å². The molecular weight excluding hydrogens is 432 g/mol. The molecule has 0 unspecified atom stereocenters. The highest BCUT2D eigenvalue weighted by molar-refractivity contribution is 7.80. The zero-order chi connectivity index (χ0) is 23.5. The predicted molar refractivity (Wildman–Crippen MR) is 133 cm³/mol. The first kappa shape index (κ1) is 23.0. The summed E-state index contributed by atoms with van der Waals surface area (Å²) >= 11 is 5.76. The molecule has 2 atom stereocenters. The van der Waals surface area contributed by atoms with Gasteiger partial charge in [-0.1, -0.05) is 23.8 Å². The van der Waals surface area contributed by atoms with E-state index in [1.165, 1.54) is 29.6 Å². The number of ether oxygens (including phenoxy) is 1. The number of rotatable bonds is 7. The molecule has 1 N–H and O–H groups in total. The van der Waals surface area contributed by atoms with Crippen LogP contribution in [-0.4, -0.2) is 39.2 Å². The molecule has 1 fully saturated rings. The maximum Gasteiger partial charge on any atom is 0.305 e. The fraction of sp³-hybridized carbons (Fsp3) is 0.346. The van der Waals surface area contributed by atoms with Crippen LogP contribution in [0.25, 0.3) is 5.69 Å². The van der Waals surface area contributed by atoms with Crippen molar-refractivity contribution in [3.8, 4) is 5.69 Å². The molecule has 0 radical (unpaired) electrons. The quantitative estimate of drug-likeness (QED) is 0.405. The van der Waals surface area contributed by atoms with Gasteiger partial charge in [0.2, 0.25) is 0 Å². The molecule has 1 aliphatic rings. The molecular formula is C26H30N4O2S.